The van der Waals surface area contributed by atoms with Crippen LogP contribution in [0.2, 0.25) is 0 Å². The molecule has 1 aromatic heterocycles. The largest absolute Gasteiger partial charge is 0.456 e. The van der Waals surface area contributed by atoms with E-state index >= 15 is 0 Å². The molecule has 0 aliphatic rings. The molecule has 0 N–H and O–H groups in total. The number of benzene rings is 1. The van der Waals surface area contributed by atoms with Gasteiger partial charge in [0.15, 0.2) is 5.69 Å². The standard InChI is InChI=1S/C14H14F3N3O/c15-14(16,17)13(21)12-10-20(19-18-12)9-5-4-8-11-6-2-1-3-7-11/h1-3,6-7,10H,4-5,8-9H2. The van der Waals surface area contributed by atoms with E-state index in [1.807, 2.05) is 30.3 Å². The molecule has 1 aromatic carbocycles. The van der Waals surface area contributed by atoms with Crippen molar-refractivity contribution in [3.05, 3.63) is 47.8 Å². The van der Waals surface area contributed by atoms with E-state index in [1.54, 1.807) is 0 Å². The number of aryl methyl sites for hydroxylation is 2. The van der Waals surface area contributed by atoms with Crippen LogP contribution in [0.5, 0.6) is 0 Å². The zero-order chi connectivity index (χ0) is 15.3. The van der Waals surface area contributed by atoms with Gasteiger partial charge in [-0.3, -0.25) is 9.48 Å². The van der Waals surface area contributed by atoms with Gasteiger partial charge in [0.2, 0.25) is 0 Å². The van der Waals surface area contributed by atoms with Crippen LogP contribution in [0.3, 0.4) is 0 Å². The first-order valence-corrected chi connectivity index (χ1v) is 6.52. The molecule has 0 spiro atoms. The number of hydrogen-bond donors (Lipinski definition) is 0. The van der Waals surface area contributed by atoms with E-state index in [0.717, 1.165) is 25.5 Å². The van der Waals surface area contributed by atoms with Gasteiger partial charge in [-0.25, -0.2) is 0 Å². The molecule has 0 amide bonds. The Hall–Kier alpha value is -2.18. The average molecular weight is 297 g/mol. The van der Waals surface area contributed by atoms with E-state index < -0.39 is 17.7 Å². The number of ketones is 1. The second-order valence-electron chi connectivity index (χ2n) is 4.64. The maximum absolute atomic E-state index is 12.2. The molecule has 2 aromatic rings. The first-order valence-electron chi connectivity index (χ1n) is 6.52. The number of halogens is 3. The van der Waals surface area contributed by atoms with E-state index in [0.29, 0.717) is 6.54 Å². The topological polar surface area (TPSA) is 47.8 Å². The van der Waals surface area contributed by atoms with Crippen molar-refractivity contribution in [2.24, 2.45) is 0 Å². The Labute approximate surface area is 119 Å². The van der Waals surface area contributed by atoms with Gasteiger partial charge in [-0.2, -0.15) is 13.2 Å². The average Bonchev–Trinajstić information content (AvgIpc) is 2.91. The number of rotatable bonds is 6. The van der Waals surface area contributed by atoms with E-state index in [4.69, 9.17) is 0 Å². The Balaban J connectivity index is 1.80. The number of unbranched alkanes of at least 4 members (excludes halogenated alkanes) is 1. The summed E-state index contributed by atoms with van der Waals surface area (Å²) in [6, 6.07) is 9.91. The number of carbonyl (C=O) groups is 1. The lowest BCUT2D eigenvalue weighted by Crippen LogP contribution is -2.23. The van der Waals surface area contributed by atoms with Crippen molar-refractivity contribution in [2.45, 2.75) is 32.0 Å². The van der Waals surface area contributed by atoms with Crippen LogP contribution in [0.15, 0.2) is 36.5 Å². The van der Waals surface area contributed by atoms with E-state index in [-0.39, 0.29) is 0 Å². The smallest absolute Gasteiger partial charge is 0.282 e. The minimum Gasteiger partial charge on any atom is -0.282 e. The highest BCUT2D eigenvalue weighted by molar-refractivity contribution is 5.98. The summed E-state index contributed by atoms with van der Waals surface area (Å²) in [5, 5.41) is 6.80. The Bertz CT molecular complexity index is 593. The van der Waals surface area contributed by atoms with Crippen molar-refractivity contribution >= 4 is 5.78 Å². The fourth-order valence-electron chi connectivity index (χ4n) is 1.90. The summed E-state index contributed by atoms with van der Waals surface area (Å²) in [5.74, 6) is -1.96. The Morgan fingerprint density at radius 3 is 2.52 bits per heavy atom. The quantitative estimate of drug-likeness (QED) is 0.608. The molecule has 0 aliphatic carbocycles. The molecule has 0 saturated carbocycles. The molecule has 4 nitrogen and oxygen atoms in total. The minimum absolute atomic E-state index is 0.435. The zero-order valence-corrected chi connectivity index (χ0v) is 11.2. The van der Waals surface area contributed by atoms with Crippen molar-refractivity contribution in [3.8, 4) is 0 Å². The van der Waals surface area contributed by atoms with Gasteiger partial charge in [0.05, 0.1) is 6.20 Å². The third kappa shape index (κ3) is 4.40. The fraction of sp³-hybridized carbons (Fsp3) is 0.357. The molecular weight excluding hydrogens is 283 g/mol. The molecular formula is C14H14F3N3O. The maximum atomic E-state index is 12.2. The van der Waals surface area contributed by atoms with E-state index in [1.165, 1.54) is 10.2 Å². The molecule has 0 atom stereocenters. The molecule has 21 heavy (non-hydrogen) atoms. The number of Topliss-reactive ketones (excluding diaryl/α,β-unsaturated/α-hetero) is 1. The van der Waals surface area contributed by atoms with Crippen LogP contribution in [0.1, 0.15) is 28.9 Å². The van der Waals surface area contributed by atoms with Crippen LogP contribution in [0, 0.1) is 0 Å². The minimum atomic E-state index is -4.91. The lowest BCUT2D eigenvalue weighted by molar-refractivity contribution is -0.0888. The predicted octanol–water partition coefficient (Wildman–Crippen LogP) is 3.05. The second kappa shape index (κ2) is 6.51. The number of carbonyl (C=O) groups excluding carboxylic acids is 1. The van der Waals surface area contributed by atoms with Gasteiger partial charge in [0.25, 0.3) is 5.78 Å². The molecule has 0 radical (unpaired) electrons. The van der Waals surface area contributed by atoms with Crippen LogP contribution < -0.4 is 0 Å². The van der Waals surface area contributed by atoms with Crippen molar-refractivity contribution < 1.29 is 18.0 Å². The van der Waals surface area contributed by atoms with Gasteiger partial charge in [-0.05, 0) is 24.8 Å². The number of nitrogens with zero attached hydrogens (tertiary/aromatic N) is 3. The molecule has 0 unspecified atom stereocenters. The van der Waals surface area contributed by atoms with Crippen molar-refractivity contribution in [2.75, 3.05) is 0 Å². The molecule has 2 rings (SSSR count). The molecule has 0 saturated heterocycles. The van der Waals surface area contributed by atoms with Gasteiger partial charge in [-0.15, -0.1) is 5.10 Å². The SMILES string of the molecule is O=C(c1cn(CCCCc2ccccc2)nn1)C(F)(F)F. The number of aromatic nitrogens is 3. The van der Waals surface area contributed by atoms with E-state index in [2.05, 4.69) is 10.3 Å². The molecule has 112 valence electrons. The Morgan fingerprint density at radius 1 is 1.14 bits per heavy atom. The van der Waals surface area contributed by atoms with Crippen molar-refractivity contribution in [1.29, 1.82) is 0 Å². The highest BCUT2D eigenvalue weighted by Crippen LogP contribution is 2.19. The van der Waals surface area contributed by atoms with Crippen LogP contribution in [0.25, 0.3) is 0 Å². The van der Waals surface area contributed by atoms with Crippen molar-refractivity contribution in [1.82, 2.24) is 15.0 Å². The van der Waals surface area contributed by atoms with Gasteiger partial charge in [0.1, 0.15) is 0 Å². The lowest BCUT2D eigenvalue weighted by Gasteiger charge is -2.02. The Morgan fingerprint density at radius 2 is 1.86 bits per heavy atom. The molecule has 1 heterocycles. The van der Waals surface area contributed by atoms with Gasteiger partial charge < -0.3 is 0 Å². The van der Waals surface area contributed by atoms with Crippen LogP contribution in [-0.4, -0.2) is 27.0 Å². The highest BCUT2D eigenvalue weighted by atomic mass is 19.4. The second-order valence-corrected chi connectivity index (χ2v) is 4.64. The number of hydrogen-bond acceptors (Lipinski definition) is 3. The molecule has 0 fully saturated rings. The molecule has 0 aliphatic heterocycles. The summed E-state index contributed by atoms with van der Waals surface area (Å²) in [6.07, 6.45) is -1.35. The summed E-state index contributed by atoms with van der Waals surface area (Å²) in [7, 11) is 0. The first-order chi connectivity index (χ1) is 9.97. The van der Waals surface area contributed by atoms with Crippen LogP contribution >= 0.6 is 0 Å². The Kier molecular flexibility index (Phi) is 4.72. The number of alkyl halides is 3. The summed E-state index contributed by atoms with van der Waals surface area (Å²) in [6.45, 7) is 0.435. The summed E-state index contributed by atoms with van der Waals surface area (Å²) >= 11 is 0. The summed E-state index contributed by atoms with van der Waals surface area (Å²) < 4.78 is 37.9. The summed E-state index contributed by atoms with van der Waals surface area (Å²) in [5.41, 5.74) is 0.551. The predicted molar refractivity (Wildman–Crippen MR) is 69.8 cm³/mol. The van der Waals surface area contributed by atoms with Gasteiger partial charge in [0, 0.05) is 6.54 Å². The highest BCUT2D eigenvalue weighted by Gasteiger charge is 2.41. The zero-order valence-electron chi connectivity index (χ0n) is 11.2. The first kappa shape index (κ1) is 15.2. The lowest BCUT2D eigenvalue weighted by atomic mass is 10.1. The molecule has 7 heteroatoms. The normalized spacial score (nSPS) is 11.6. The van der Waals surface area contributed by atoms with Crippen molar-refractivity contribution in [3.63, 3.8) is 0 Å². The fourth-order valence-corrected chi connectivity index (χ4v) is 1.90. The monoisotopic (exact) mass is 297 g/mol. The maximum Gasteiger partial charge on any atom is 0.456 e. The third-order valence-corrected chi connectivity index (χ3v) is 2.97. The van der Waals surface area contributed by atoms with Crippen LogP contribution in [0.4, 0.5) is 13.2 Å². The van der Waals surface area contributed by atoms with Crippen LogP contribution in [-0.2, 0) is 13.0 Å². The third-order valence-electron chi connectivity index (χ3n) is 2.97. The van der Waals surface area contributed by atoms with E-state index in [9.17, 15) is 18.0 Å². The van der Waals surface area contributed by atoms with Gasteiger partial charge >= 0.3 is 6.18 Å². The molecule has 0 bridgehead atoms. The summed E-state index contributed by atoms with van der Waals surface area (Å²) in [4.78, 5) is 11.0. The van der Waals surface area contributed by atoms with Gasteiger partial charge in [-0.1, -0.05) is 35.5 Å².